The van der Waals surface area contributed by atoms with Gasteiger partial charge in [-0.2, -0.15) is 0 Å². The largest absolute Gasteiger partial charge is 0.381 e. The van der Waals surface area contributed by atoms with E-state index in [1.807, 2.05) is 30.3 Å². The van der Waals surface area contributed by atoms with E-state index in [4.69, 9.17) is 11.6 Å². The highest BCUT2D eigenvalue weighted by atomic mass is 35.5. The van der Waals surface area contributed by atoms with E-state index >= 15 is 0 Å². The van der Waals surface area contributed by atoms with Gasteiger partial charge >= 0.3 is 11.1 Å². The number of nitrogens with one attached hydrogen (secondary N) is 3. The van der Waals surface area contributed by atoms with Crippen LogP contribution in [0.1, 0.15) is 5.56 Å². The fourth-order valence-corrected chi connectivity index (χ4v) is 2.39. The fraction of sp³-hybridized carbons (Fsp3) is 0.0667. The van der Waals surface area contributed by atoms with Gasteiger partial charge in [-0.25, -0.2) is 0 Å². The molecule has 3 N–H and O–H groups in total. The predicted octanol–water partition coefficient (Wildman–Crippen LogP) is 2.48. The molecule has 0 amide bonds. The molecule has 1 heterocycles. The standard InChI is InChI=1S/C15H12ClN3O2/c16-10-6-9(8-17-11-4-2-1-3-5-11)13-12(7-10)18-14(20)15(21)19-13/h1-7,17H,8H2,(H,18,20)(H,19,21). The Hall–Kier alpha value is -2.53. The summed E-state index contributed by atoms with van der Waals surface area (Å²) in [4.78, 5) is 28.0. The Bertz CT molecular complexity index is 900. The molecule has 0 saturated carbocycles. The third-order valence-corrected chi connectivity index (χ3v) is 3.35. The first kappa shape index (κ1) is 13.5. The molecule has 3 rings (SSSR count). The van der Waals surface area contributed by atoms with E-state index in [1.54, 1.807) is 12.1 Å². The van der Waals surface area contributed by atoms with Crippen molar-refractivity contribution < 1.29 is 0 Å². The summed E-state index contributed by atoms with van der Waals surface area (Å²) in [5, 5.41) is 3.74. The van der Waals surface area contributed by atoms with E-state index in [0.717, 1.165) is 11.3 Å². The van der Waals surface area contributed by atoms with Crippen molar-refractivity contribution in [1.82, 2.24) is 9.97 Å². The Morgan fingerprint density at radius 2 is 1.71 bits per heavy atom. The molecule has 0 fully saturated rings. The van der Waals surface area contributed by atoms with Crippen LogP contribution in [-0.2, 0) is 6.54 Å². The second-order valence-electron chi connectivity index (χ2n) is 4.62. The Kier molecular flexibility index (Phi) is 3.50. The van der Waals surface area contributed by atoms with Crippen molar-refractivity contribution in [1.29, 1.82) is 0 Å². The van der Waals surface area contributed by atoms with Gasteiger partial charge in [-0.1, -0.05) is 29.8 Å². The maximum Gasteiger partial charge on any atom is 0.314 e. The van der Waals surface area contributed by atoms with Crippen LogP contribution in [0, 0.1) is 0 Å². The number of H-pyrrole nitrogens is 2. The summed E-state index contributed by atoms with van der Waals surface area (Å²) in [6, 6.07) is 13.0. The maximum absolute atomic E-state index is 11.5. The van der Waals surface area contributed by atoms with Crippen molar-refractivity contribution in [3.8, 4) is 0 Å². The molecule has 0 aliphatic heterocycles. The molecule has 0 atom stereocenters. The highest BCUT2D eigenvalue weighted by Gasteiger charge is 2.07. The van der Waals surface area contributed by atoms with E-state index < -0.39 is 11.1 Å². The lowest BCUT2D eigenvalue weighted by Crippen LogP contribution is -2.29. The lowest BCUT2D eigenvalue weighted by molar-refractivity contribution is 1.10. The molecular formula is C15H12ClN3O2. The summed E-state index contributed by atoms with van der Waals surface area (Å²) in [6.45, 7) is 0.475. The summed E-state index contributed by atoms with van der Waals surface area (Å²) in [6.07, 6.45) is 0. The van der Waals surface area contributed by atoms with Crippen molar-refractivity contribution in [3.63, 3.8) is 0 Å². The van der Waals surface area contributed by atoms with Crippen molar-refractivity contribution >= 4 is 28.3 Å². The molecule has 6 heteroatoms. The van der Waals surface area contributed by atoms with Crippen LogP contribution in [0.4, 0.5) is 5.69 Å². The minimum atomic E-state index is -0.688. The number of halogens is 1. The van der Waals surface area contributed by atoms with Gasteiger partial charge in [0.05, 0.1) is 11.0 Å². The lowest BCUT2D eigenvalue weighted by Gasteiger charge is -2.09. The van der Waals surface area contributed by atoms with Gasteiger partial charge in [0, 0.05) is 17.3 Å². The maximum atomic E-state index is 11.5. The van der Waals surface area contributed by atoms with Gasteiger partial charge in [-0.3, -0.25) is 9.59 Å². The fourth-order valence-electron chi connectivity index (χ4n) is 2.15. The summed E-state index contributed by atoms with van der Waals surface area (Å²) in [5.74, 6) is 0. The number of anilines is 1. The van der Waals surface area contributed by atoms with Crippen LogP contribution in [0.2, 0.25) is 5.02 Å². The van der Waals surface area contributed by atoms with Crippen LogP contribution in [0.15, 0.2) is 52.1 Å². The molecule has 21 heavy (non-hydrogen) atoms. The summed E-state index contributed by atoms with van der Waals surface area (Å²) >= 11 is 6.06. The van der Waals surface area contributed by atoms with Crippen molar-refractivity contribution in [2.45, 2.75) is 6.54 Å². The van der Waals surface area contributed by atoms with Gasteiger partial charge in [-0.05, 0) is 29.8 Å². The van der Waals surface area contributed by atoms with Gasteiger partial charge in [0.15, 0.2) is 0 Å². The quantitative estimate of drug-likeness (QED) is 0.650. The monoisotopic (exact) mass is 301 g/mol. The van der Waals surface area contributed by atoms with Gasteiger partial charge in [0.2, 0.25) is 0 Å². The molecule has 0 saturated heterocycles. The minimum Gasteiger partial charge on any atom is -0.381 e. The number of hydrogen-bond donors (Lipinski definition) is 3. The zero-order valence-corrected chi connectivity index (χ0v) is 11.7. The van der Waals surface area contributed by atoms with Gasteiger partial charge < -0.3 is 15.3 Å². The highest BCUT2D eigenvalue weighted by Crippen LogP contribution is 2.20. The van der Waals surface area contributed by atoms with Gasteiger partial charge in [0.25, 0.3) is 0 Å². The van der Waals surface area contributed by atoms with Gasteiger partial charge in [0.1, 0.15) is 0 Å². The zero-order chi connectivity index (χ0) is 14.8. The number of rotatable bonds is 3. The molecule has 0 aliphatic carbocycles. The smallest absolute Gasteiger partial charge is 0.314 e. The number of para-hydroxylation sites is 1. The molecule has 2 aromatic carbocycles. The van der Waals surface area contributed by atoms with Crippen LogP contribution in [0.5, 0.6) is 0 Å². The van der Waals surface area contributed by atoms with Crippen LogP contribution in [0.3, 0.4) is 0 Å². The SMILES string of the molecule is O=c1[nH]c2cc(Cl)cc(CNc3ccccc3)c2[nH]c1=O. The average molecular weight is 302 g/mol. The van der Waals surface area contributed by atoms with E-state index in [1.165, 1.54) is 0 Å². The molecule has 3 aromatic rings. The molecule has 0 bridgehead atoms. The zero-order valence-electron chi connectivity index (χ0n) is 10.9. The Morgan fingerprint density at radius 3 is 2.48 bits per heavy atom. The first-order chi connectivity index (χ1) is 10.1. The van der Waals surface area contributed by atoms with E-state index in [-0.39, 0.29) is 0 Å². The van der Waals surface area contributed by atoms with E-state index in [9.17, 15) is 9.59 Å². The molecule has 0 spiro atoms. The van der Waals surface area contributed by atoms with Crippen molar-refractivity contribution in [2.75, 3.05) is 5.32 Å². The second-order valence-corrected chi connectivity index (χ2v) is 5.05. The molecule has 0 unspecified atom stereocenters. The van der Waals surface area contributed by atoms with E-state index in [2.05, 4.69) is 15.3 Å². The number of aromatic amines is 2. The van der Waals surface area contributed by atoms with Crippen LogP contribution < -0.4 is 16.4 Å². The summed E-state index contributed by atoms with van der Waals surface area (Å²) in [7, 11) is 0. The highest BCUT2D eigenvalue weighted by molar-refractivity contribution is 6.31. The average Bonchev–Trinajstić information content (AvgIpc) is 2.48. The molecule has 106 valence electrons. The number of benzene rings is 2. The molecule has 0 aliphatic rings. The predicted molar refractivity (Wildman–Crippen MR) is 84.0 cm³/mol. The van der Waals surface area contributed by atoms with Crippen LogP contribution in [-0.4, -0.2) is 9.97 Å². The Labute approximate surface area is 124 Å². The van der Waals surface area contributed by atoms with Gasteiger partial charge in [-0.15, -0.1) is 0 Å². The molecule has 1 aromatic heterocycles. The summed E-state index contributed by atoms with van der Waals surface area (Å²) < 4.78 is 0. The second kappa shape index (κ2) is 5.46. The van der Waals surface area contributed by atoms with E-state index in [0.29, 0.717) is 22.6 Å². The number of aromatic nitrogens is 2. The molecular weight excluding hydrogens is 290 g/mol. The number of fused-ring (bicyclic) bond motifs is 1. The van der Waals surface area contributed by atoms with Crippen LogP contribution in [0.25, 0.3) is 11.0 Å². The third kappa shape index (κ3) is 2.83. The first-order valence-corrected chi connectivity index (χ1v) is 6.75. The van der Waals surface area contributed by atoms with Crippen LogP contribution >= 0.6 is 11.6 Å². The minimum absolute atomic E-state index is 0.475. The Morgan fingerprint density at radius 1 is 1.00 bits per heavy atom. The first-order valence-electron chi connectivity index (χ1n) is 6.37. The molecule has 0 radical (unpaired) electrons. The van der Waals surface area contributed by atoms with Crippen molar-refractivity contribution in [2.24, 2.45) is 0 Å². The lowest BCUT2D eigenvalue weighted by atomic mass is 10.1. The normalized spacial score (nSPS) is 10.7. The third-order valence-electron chi connectivity index (χ3n) is 3.13. The summed E-state index contributed by atoms with van der Waals surface area (Å²) in [5.41, 5.74) is 1.48. The van der Waals surface area contributed by atoms with Crippen molar-refractivity contribution in [3.05, 3.63) is 73.8 Å². The Balaban J connectivity index is 2.03. The number of hydrogen-bond acceptors (Lipinski definition) is 3. The topological polar surface area (TPSA) is 77.8 Å². The molecule has 5 nitrogen and oxygen atoms in total.